The SMILES string of the molecule is Oc1cc(C(F)(F)F)ccc1C1COCCO1. The molecule has 0 aromatic heterocycles. The second-order valence-electron chi connectivity index (χ2n) is 3.71. The Balaban J connectivity index is 2.25. The van der Waals surface area contributed by atoms with Crippen LogP contribution in [-0.2, 0) is 15.7 Å². The molecule has 6 heteroatoms. The molecular weight excluding hydrogens is 237 g/mol. The molecule has 1 aromatic carbocycles. The van der Waals surface area contributed by atoms with Gasteiger partial charge < -0.3 is 14.6 Å². The lowest BCUT2D eigenvalue weighted by Gasteiger charge is -2.24. The van der Waals surface area contributed by atoms with Gasteiger partial charge in [0.1, 0.15) is 11.9 Å². The van der Waals surface area contributed by atoms with Gasteiger partial charge in [-0.2, -0.15) is 13.2 Å². The molecule has 1 aromatic rings. The Bertz CT molecular complexity index is 397. The molecule has 17 heavy (non-hydrogen) atoms. The minimum absolute atomic E-state index is 0.235. The molecule has 1 fully saturated rings. The van der Waals surface area contributed by atoms with Gasteiger partial charge in [0.25, 0.3) is 0 Å². The topological polar surface area (TPSA) is 38.7 Å². The largest absolute Gasteiger partial charge is 0.508 e. The fourth-order valence-electron chi connectivity index (χ4n) is 1.66. The van der Waals surface area contributed by atoms with Gasteiger partial charge in [-0.1, -0.05) is 6.07 Å². The van der Waals surface area contributed by atoms with Crippen LogP contribution in [0.25, 0.3) is 0 Å². The first-order chi connectivity index (χ1) is 7.98. The van der Waals surface area contributed by atoms with E-state index in [4.69, 9.17) is 9.47 Å². The molecular formula is C11H11F3O3. The van der Waals surface area contributed by atoms with Crippen LogP contribution in [0.1, 0.15) is 17.2 Å². The number of hydrogen-bond donors (Lipinski definition) is 1. The number of hydrogen-bond acceptors (Lipinski definition) is 3. The molecule has 0 bridgehead atoms. The Morgan fingerprint density at radius 2 is 2.00 bits per heavy atom. The van der Waals surface area contributed by atoms with Gasteiger partial charge >= 0.3 is 6.18 Å². The van der Waals surface area contributed by atoms with Gasteiger partial charge in [-0.3, -0.25) is 0 Å². The van der Waals surface area contributed by atoms with Crippen molar-refractivity contribution in [1.82, 2.24) is 0 Å². The fraction of sp³-hybridized carbons (Fsp3) is 0.455. The highest BCUT2D eigenvalue weighted by Gasteiger charge is 2.32. The molecule has 0 radical (unpaired) electrons. The lowest BCUT2D eigenvalue weighted by molar-refractivity contribution is -0.137. The van der Waals surface area contributed by atoms with E-state index in [0.29, 0.717) is 24.8 Å². The van der Waals surface area contributed by atoms with Crippen LogP contribution in [0.5, 0.6) is 5.75 Å². The van der Waals surface area contributed by atoms with Crippen LogP contribution < -0.4 is 0 Å². The first-order valence-corrected chi connectivity index (χ1v) is 5.08. The lowest BCUT2D eigenvalue weighted by atomic mass is 10.1. The van der Waals surface area contributed by atoms with Crippen LogP contribution in [0.15, 0.2) is 18.2 Å². The molecule has 1 heterocycles. The zero-order chi connectivity index (χ0) is 12.5. The van der Waals surface area contributed by atoms with E-state index in [-0.39, 0.29) is 6.61 Å². The number of halogens is 3. The van der Waals surface area contributed by atoms with E-state index in [1.165, 1.54) is 6.07 Å². The molecule has 2 rings (SSSR count). The molecule has 1 atom stereocenters. The number of alkyl halides is 3. The fourth-order valence-corrected chi connectivity index (χ4v) is 1.66. The molecule has 0 saturated carbocycles. The van der Waals surface area contributed by atoms with Crippen LogP contribution >= 0.6 is 0 Å². The van der Waals surface area contributed by atoms with E-state index < -0.39 is 23.6 Å². The zero-order valence-corrected chi connectivity index (χ0v) is 8.83. The summed E-state index contributed by atoms with van der Waals surface area (Å²) in [6.07, 6.45) is -4.97. The number of benzene rings is 1. The van der Waals surface area contributed by atoms with Crippen LogP contribution in [0.4, 0.5) is 13.2 Å². The van der Waals surface area contributed by atoms with Crippen molar-refractivity contribution in [3.63, 3.8) is 0 Å². The number of aromatic hydroxyl groups is 1. The van der Waals surface area contributed by atoms with Gasteiger partial charge in [0.2, 0.25) is 0 Å². The second-order valence-corrected chi connectivity index (χ2v) is 3.71. The zero-order valence-electron chi connectivity index (χ0n) is 8.83. The van der Waals surface area contributed by atoms with E-state index in [2.05, 4.69) is 0 Å². The molecule has 94 valence electrons. The molecule has 0 spiro atoms. The molecule has 1 saturated heterocycles. The summed E-state index contributed by atoms with van der Waals surface area (Å²) >= 11 is 0. The standard InChI is InChI=1S/C11H11F3O3/c12-11(13,14)7-1-2-8(9(15)5-7)10-6-16-3-4-17-10/h1-2,5,10,15H,3-4,6H2. The quantitative estimate of drug-likeness (QED) is 0.829. The van der Waals surface area contributed by atoms with Gasteiger partial charge in [0, 0.05) is 5.56 Å². The predicted molar refractivity (Wildman–Crippen MR) is 52.6 cm³/mol. The van der Waals surface area contributed by atoms with Crippen molar-refractivity contribution in [3.8, 4) is 5.75 Å². The van der Waals surface area contributed by atoms with Crippen LogP contribution in [0.3, 0.4) is 0 Å². The number of ether oxygens (including phenoxy) is 2. The molecule has 0 amide bonds. The minimum atomic E-state index is -4.46. The number of rotatable bonds is 1. The van der Waals surface area contributed by atoms with Crippen LogP contribution in [-0.4, -0.2) is 24.9 Å². The van der Waals surface area contributed by atoms with Crippen molar-refractivity contribution in [2.75, 3.05) is 19.8 Å². The highest BCUT2D eigenvalue weighted by molar-refractivity contribution is 5.39. The second kappa shape index (κ2) is 4.54. The highest BCUT2D eigenvalue weighted by atomic mass is 19.4. The highest BCUT2D eigenvalue weighted by Crippen LogP contribution is 2.35. The third-order valence-corrected chi connectivity index (χ3v) is 2.52. The average molecular weight is 248 g/mol. The van der Waals surface area contributed by atoms with Gasteiger partial charge in [-0.05, 0) is 12.1 Å². The summed E-state index contributed by atoms with van der Waals surface area (Å²) in [4.78, 5) is 0. The average Bonchev–Trinajstić information content (AvgIpc) is 2.29. The first-order valence-electron chi connectivity index (χ1n) is 5.08. The van der Waals surface area contributed by atoms with Crippen molar-refractivity contribution in [2.24, 2.45) is 0 Å². The predicted octanol–water partition coefficient (Wildman–Crippen LogP) is 2.50. The van der Waals surface area contributed by atoms with Crippen molar-refractivity contribution >= 4 is 0 Å². The summed E-state index contributed by atoms with van der Waals surface area (Å²) in [5.74, 6) is -0.421. The molecule has 1 unspecified atom stereocenters. The third-order valence-electron chi connectivity index (χ3n) is 2.52. The smallest absolute Gasteiger partial charge is 0.416 e. The summed E-state index contributed by atoms with van der Waals surface area (Å²) < 4.78 is 47.6. The monoisotopic (exact) mass is 248 g/mol. The summed E-state index contributed by atoms with van der Waals surface area (Å²) in [5.41, 5.74) is -0.562. The van der Waals surface area contributed by atoms with Crippen molar-refractivity contribution in [1.29, 1.82) is 0 Å². The first kappa shape index (κ1) is 12.2. The summed E-state index contributed by atoms with van der Waals surface area (Å²) in [5, 5.41) is 9.57. The molecule has 1 aliphatic heterocycles. The maximum Gasteiger partial charge on any atom is 0.416 e. The Kier molecular flexibility index (Phi) is 3.26. The van der Waals surface area contributed by atoms with Crippen molar-refractivity contribution < 1.29 is 27.8 Å². The van der Waals surface area contributed by atoms with Crippen molar-refractivity contribution in [3.05, 3.63) is 29.3 Å². The normalized spacial score (nSPS) is 21.5. The Morgan fingerprint density at radius 1 is 1.24 bits per heavy atom. The minimum Gasteiger partial charge on any atom is -0.508 e. The molecule has 0 aliphatic carbocycles. The molecule has 1 aliphatic rings. The summed E-state index contributed by atoms with van der Waals surface area (Å²) in [6.45, 7) is 1.06. The Labute approximate surface area is 95.8 Å². The van der Waals surface area contributed by atoms with E-state index >= 15 is 0 Å². The number of phenolic OH excluding ortho intramolecular Hbond substituents is 1. The Morgan fingerprint density at radius 3 is 2.53 bits per heavy atom. The maximum atomic E-state index is 12.4. The van der Waals surface area contributed by atoms with Gasteiger partial charge in [-0.15, -0.1) is 0 Å². The lowest BCUT2D eigenvalue weighted by Crippen LogP contribution is -2.22. The van der Waals surface area contributed by atoms with E-state index in [1.54, 1.807) is 0 Å². The summed E-state index contributed by atoms with van der Waals surface area (Å²) in [7, 11) is 0. The summed E-state index contributed by atoms with van der Waals surface area (Å²) in [6, 6.07) is 2.85. The van der Waals surface area contributed by atoms with Gasteiger partial charge in [0.05, 0.1) is 25.4 Å². The molecule has 1 N–H and O–H groups in total. The van der Waals surface area contributed by atoms with Gasteiger partial charge in [0.15, 0.2) is 0 Å². The maximum absolute atomic E-state index is 12.4. The van der Waals surface area contributed by atoms with Crippen LogP contribution in [0, 0.1) is 0 Å². The van der Waals surface area contributed by atoms with Crippen molar-refractivity contribution in [2.45, 2.75) is 12.3 Å². The van der Waals surface area contributed by atoms with Gasteiger partial charge in [-0.25, -0.2) is 0 Å². The Hall–Kier alpha value is -1.27. The molecule has 3 nitrogen and oxygen atoms in total. The number of phenols is 1. The third kappa shape index (κ3) is 2.70. The van der Waals surface area contributed by atoms with E-state index in [0.717, 1.165) is 6.07 Å². The van der Waals surface area contributed by atoms with Crippen LogP contribution in [0.2, 0.25) is 0 Å². The van der Waals surface area contributed by atoms with E-state index in [9.17, 15) is 18.3 Å². The van der Waals surface area contributed by atoms with E-state index in [1.807, 2.05) is 0 Å².